The van der Waals surface area contributed by atoms with E-state index in [9.17, 15) is 24.0 Å². The summed E-state index contributed by atoms with van der Waals surface area (Å²) < 4.78 is 11.2. The van der Waals surface area contributed by atoms with E-state index in [4.69, 9.17) is 15.2 Å². The fraction of sp³-hybridized carbons (Fsp3) is 0.633. The summed E-state index contributed by atoms with van der Waals surface area (Å²) in [6.07, 6.45) is -0.639. The number of primary amides is 1. The van der Waals surface area contributed by atoms with E-state index in [1.54, 1.807) is 24.3 Å². The standard InChI is InChI=1S/C30H41N5O7/c1-29(2,3)23(34-25(37)15-10-11-41-14-15)28(40)35-13-16-21(30(16,4)5)22(35)27(39)33-18(24(31)36)12-20-26(38)32-17-8-6-7-9-19(17)42-20/h6-9,15-16,18,20-23H,10-14H2,1-5H3,(H2,31,36)(H,32,38)(H,33,39)(H,34,37)/t15-,16+,18+,20+,21+,22+,23-/m1/s1. The number of rotatable bonds is 8. The van der Waals surface area contributed by atoms with Gasteiger partial charge in [0.15, 0.2) is 6.10 Å². The van der Waals surface area contributed by atoms with Crippen molar-refractivity contribution in [2.75, 3.05) is 25.1 Å². The number of carbonyl (C=O) groups is 5. The van der Waals surface area contributed by atoms with Gasteiger partial charge in [-0.05, 0) is 41.2 Å². The van der Waals surface area contributed by atoms with Gasteiger partial charge < -0.3 is 36.1 Å². The first-order chi connectivity index (χ1) is 19.7. The zero-order valence-corrected chi connectivity index (χ0v) is 24.8. The highest BCUT2D eigenvalue weighted by molar-refractivity contribution is 5.99. The molecular weight excluding hydrogens is 542 g/mol. The Bertz CT molecular complexity index is 1280. The first kappa shape index (κ1) is 29.8. The van der Waals surface area contributed by atoms with Gasteiger partial charge in [-0.15, -0.1) is 0 Å². The summed E-state index contributed by atoms with van der Waals surface area (Å²) in [5, 5.41) is 8.40. The lowest BCUT2D eigenvalue weighted by atomic mass is 9.84. The minimum atomic E-state index is -1.21. The van der Waals surface area contributed by atoms with E-state index in [-0.39, 0.29) is 41.4 Å². The SMILES string of the molecule is CC(C)(C)[C@H](NC(=O)[C@@H]1CCOC1)C(=O)N1C[C@H]2[C@@H]([C@H]1C(=O)N[C@@H](C[C@@H]1Oc3ccccc3NC1=O)C(N)=O)C2(C)C. The summed E-state index contributed by atoms with van der Waals surface area (Å²) in [5.41, 5.74) is 5.38. The maximum absolute atomic E-state index is 14.1. The summed E-state index contributed by atoms with van der Waals surface area (Å²) in [7, 11) is 0. The number of likely N-dealkylation sites (tertiary alicyclic amines) is 1. The fourth-order valence-electron chi connectivity index (χ4n) is 6.59. The van der Waals surface area contributed by atoms with Gasteiger partial charge in [0, 0.05) is 19.6 Å². The van der Waals surface area contributed by atoms with Crippen LogP contribution in [-0.2, 0) is 28.7 Å². The number of hydrogen-bond acceptors (Lipinski definition) is 7. The third-order valence-electron chi connectivity index (χ3n) is 9.28. The molecule has 3 aliphatic heterocycles. The molecule has 0 bridgehead atoms. The van der Waals surface area contributed by atoms with Gasteiger partial charge in [0.1, 0.15) is 23.9 Å². The Kier molecular flexibility index (Phi) is 7.71. The van der Waals surface area contributed by atoms with Crippen LogP contribution in [0.3, 0.4) is 0 Å². The van der Waals surface area contributed by atoms with Crippen molar-refractivity contribution in [1.82, 2.24) is 15.5 Å². The van der Waals surface area contributed by atoms with Crippen molar-refractivity contribution in [2.45, 2.75) is 71.7 Å². The van der Waals surface area contributed by atoms with Gasteiger partial charge in [0.25, 0.3) is 5.91 Å². The molecule has 0 aromatic heterocycles. The average Bonchev–Trinajstić information content (AvgIpc) is 3.37. The molecule has 3 fully saturated rings. The van der Waals surface area contributed by atoms with E-state index < -0.39 is 47.4 Å². The molecule has 0 unspecified atom stereocenters. The quantitative estimate of drug-likeness (QED) is 0.351. The van der Waals surface area contributed by atoms with Crippen LogP contribution in [0.25, 0.3) is 0 Å². The first-order valence-electron chi connectivity index (χ1n) is 14.5. The first-order valence-corrected chi connectivity index (χ1v) is 14.5. The molecule has 0 radical (unpaired) electrons. The van der Waals surface area contributed by atoms with E-state index in [1.807, 2.05) is 20.8 Å². The number of anilines is 1. The molecule has 5 amide bonds. The Morgan fingerprint density at radius 1 is 1.14 bits per heavy atom. The van der Waals surface area contributed by atoms with E-state index in [0.29, 0.717) is 37.6 Å². The Labute approximate surface area is 245 Å². The number of nitrogens with zero attached hydrogens (tertiary/aromatic N) is 1. The van der Waals surface area contributed by atoms with E-state index in [0.717, 1.165) is 0 Å². The number of amides is 5. The van der Waals surface area contributed by atoms with Crippen LogP contribution in [-0.4, -0.2) is 78.4 Å². The third kappa shape index (κ3) is 5.56. The molecule has 42 heavy (non-hydrogen) atoms. The van der Waals surface area contributed by atoms with E-state index >= 15 is 0 Å². The number of ether oxygens (including phenoxy) is 2. The lowest BCUT2D eigenvalue weighted by Crippen LogP contribution is -2.61. The molecule has 228 valence electrons. The molecule has 1 saturated carbocycles. The van der Waals surface area contributed by atoms with Gasteiger partial charge in [0.2, 0.25) is 23.6 Å². The molecule has 12 heteroatoms. The maximum atomic E-state index is 14.1. The number of piperidine rings is 1. The van der Waals surface area contributed by atoms with Gasteiger partial charge in [-0.25, -0.2) is 0 Å². The van der Waals surface area contributed by atoms with Crippen LogP contribution in [0.15, 0.2) is 24.3 Å². The number of para-hydroxylation sites is 2. The summed E-state index contributed by atoms with van der Waals surface area (Å²) >= 11 is 0. The van der Waals surface area contributed by atoms with E-state index in [1.165, 1.54) is 4.90 Å². The molecule has 5 rings (SSSR count). The second-order valence-electron chi connectivity index (χ2n) is 13.5. The zero-order chi connectivity index (χ0) is 30.6. The predicted octanol–water partition coefficient (Wildman–Crippen LogP) is 0.797. The second kappa shape index (κ2) is 10.9. The maximum Gasteiger partial charge on any atom is 0.265 e. The van der Waals surface area contributed by atoms with Gasteiger partial charge in [0.05, 0.1) is 18.2 Å². The van der Waals surface area contributed by atoms with Crippen LogP contribution in [0.4, 0.5) is 5.69 Å². The molecule has 2 saturated heterocycles. The monoisotopic (exact) mass is 583 g/mol. The van der Waals surface area contributed by atoms with Crippen LogP contribution in [0, 0.1) is 28.6 Å². The van der Waals surface area contributed by atoms with Crippen molar-refractivity contribution in [3.8, 4) is 5.75 Å². The van der Waals surface area contributed by atoms with Crippen LogP contribution in [0.2, 0.25) is 0 Å². The summed E-state index contributed by atoms with van der Waals surface area (Å²) in [4.78, 5) is 67.6. The normalized spacial score (nSPS) is 28.8. The Morgan fingerprint density at radius 2 is 1.86 bits per heavy atom. The van der Waals surface area contributed by atoms with Crippen molar-refractivity contribution < 1.29 is 33.4 Å². The third-order valence-corrected chi connectivity index (χ3v) is 9.28. The topological polar surface area (TPSA) is 169 Å². The van der Waals surface area contributed by atoms with Crippen molar-refractivity contribution in [1.29, 1.82) is 0 Å². The van der Waals surface area contributed by atoms with Crippen LogP contribution in [0.1, 0.15) is 47.5 Å². The van der Waals surface area contributed by atoms with Gasteiger partial charge in [-0.3, -0.25) is 24.0 Å². The van der Waals surface area contributed by atoms with Crippen LogP contribution < -0.4 is 26.4 Å². The highest BCUT2D eigenvalue weighted by Crippen LogP contribution is 2.65. The number of nitrogens with one attached hydrogen (secondary N) is 3. The molecule has 3 heterocycles. The molecule has 5 N–H and O–H groups in total. The fourth-order valence-corrected chi connectivity index (χ4v) is 6.59. The van der Waals surface area contributed by atoms with Crippen LogP contribution in [0.5, 0.6) is 5.75 Å². The van der Waals surface area contributed by atoms with Crippen molar-refractivity contribution in [3.63, 3.8) is 0 Å². The summed E-state index contributed by atoms with van der Waals surface area (Å²) in [6.45, 7) is 10.9. The van der Waals surface area contributed by atoms with Gasteiger partial charge >= 0.3 is 0 Å². The molecule has 1 aromatic rings. The molecule has 1 aliphatic carbocycles. The smallest absolute Gasteiger partial charge is 0.265 e. The number of benzene rings is 1. The largest absolute Gasteiger partial charge is 0.478 e. The highest BCUT2D eigenvalue weighted by Gasteiger charge is 2.70. The predicted molar refractivity (Wildman–Crippen MR) is 152 cm³/mol. The van der Waals surface area contributed by atoms with Crippen molar-refractivity contribution in [2.24, 2.45) is 34.3 Å². The number of nitrogens with two attached hydrogens (primary N) is 1. The minimum Gasteiger partial charge on any atom is -0.478 e. The summed E-state index contributed by atoms with van der Waals surface area (Å²) in [5.74, 6) is -2.30. The van der Waals surface area contributed by atoms with Gasteiger partial charge in [-0.2, -0.15) is 0 Å². The second-order valence-corrected chi connectivity index (χ2v) is 13.5. The Morgan fingerprint density at radius 3 is 2.50 bits per heavy atom. The van der Waals surface area contributed by atoms with Crippen molar-refractivity contribution >= 4 is 35.2 Å². The number of carbonyl (C=O) groups excluding carboxylic acids is 5. The molecule has 4 aliphatic rings. The zero-order valence-electron chi connectivity index (χ0n) is 24.8. The molecule has 0 spiro atoms. The molecule has 12 nitrogen and oxygen atoms in total. The number of hydrogen-bond donors (Lipinski definition) is 4. The Hall–Kier alpha value is -3.67. The molecule has 7 atom stereocenters. The van der Waals surface area contributed by atoms with Crippen molar-refractivity contribution in [3.05, 3.63) is 24.3 Å². The lowest BCUT2D eigenvalue weighted by molar-refractivity contribution is -0.146. The number of fused-ring (bicyclic) bond motifs is 2. The lowest BCUT2D eigenvalue weighted by Gasteiger charge is -2.38. The molecular formula is C30H41N5O7. The average molecular weight is 584 g/mol. The van der Waals surface area contributed by atoms with Crippen LogP contribution >= 0.6 is 0 Å². The summed E-state index contributed by atoms with van der Waals surface area (Å²) in [6, 6.07) is 3.97. The Balaban J connectivity index is 1.33. The molecule has 1 aromatic carbocycles. The minimum absolute atomic E-state index is 0.0905. The highest BCUT2D eigenvalue weighted by atomic mass is 16.5. The van der Waals surface area contributed by atoms with Gasteiger partial charge in [-0.1, -0.05) is 46.8 Å². The van der Waals surface area contributed by atoms with E-state index in [2.05, 4.69) is 29.8 Å².